The summed E-state index contributed by atoms with van der Waals surface area (Å²) < 4.78 is 12.1. The Hall–Kier alpha value is -2.90. The van der Waals surface area contributed by atoms with Gasteiger partial charge in [-0.2, -0.15) is 0 Å². The number of methoxy groups -OCH3 is 1. The smallest absolute Gasteiger partial charge is 0.257 e. The van der Waals surface area contributed by atoms with Crippen molar-refractivity contribution in [3.05, 3.63) is 59.7 Å². The molecular formula is C29H39N3O4. The van der Waals surface area contributed by atoms with Crippen LogP contribution in [-0.2, 0) is 16.0 Å². The predicted octanol–water partition coefficient (Wildman–Crippen LogP) is 4.08. The molecule has 194 valence electrons. The van der Waals surface area contributed by atoms with E-state index in [2.05, 4.69) is 24.1 Å². The van der Waals surface area contributed by atoms with E-state index < -0.39 is 0 Å². The lowest BCUT2D eigenvalue weighted by molar-refractivity contribution is -0.115. The highest BCUT2D eigenvalue weighted by molar-refractivity contribution is 5.99. The predicted molar refractivity (Wildman–Crippen MR) is 141 cm³/mol. The SMILES string of the molecule is CO[C@@H]1CN(C)C(=O)c2cc(NC(=O)Cc3ccccc3)ccc2OC[C@H](C)N(CC2CC2)C[C@@H]1C. The number of carbonyl (C=O) groups excluding carboxylic acids is 2. The molecule has 0 bridgehead atoms. The van der Waals surface area contributed by atoms with Crippen LogP contribution in [-0.4, -0.2) is 74.2 Å². The first-order chi connectivity index (χ1) is 17.3. The molecule has 0 radical (unpaired) electrons. The topological polar surface area (TPSA) is 71.1 Å². The summed E-state index contributed by atoms with van der Waals surface area (Å²) in [5, 5.41) is 2.94. The van der Waals surface area contributed by atoms with Crippen LogP contribution in [0.2, 0.25) is 0 Å². The van der Waals surface area contributed by atoms with Crippen molar-refractivity contribution in [2.75, 3.05) is 45.7 Å². The van der Waals surface area contributed by atoms with Crippen LogP contribution < -0.4 is 10.1 Å². The Labute approximate surface area is 214 Å². The quantitative estimate of drug-likeness (QED) is 0.657. The molecule has 7 heteroatoms. The third-order valence-corrected chi connectivity index (χ3v) is 7.25. The normalized spacial score (nSPS) is 23.7. The summed E-state index contributed by atoms with van der Waals surface area (Å²) in [6.07, 6.45) is 2.78. The Morgan fingerprint density at radius 1 is 1.11 bits per heavy atom. The molecule has 1 fully saturated rings. The Bertz CT molecular complexity index is 1040. The minimum atomic E-state index is -0.151. The second kappa shape index (κ2) is 11.9. The van der Waals surface area contributed by atoms with E-state index in [4.69, 9.17) is 9.47 Å². The van der Waals surface area contributed by atoms with Crippen LogP contribution in [0.15, 0.2) is 48.5 Å². The first-order valence-corrected chi connectivity index (χ1v) is 13.0. The van der Waals surface area contributed by atoms with Gasteiger partial charge in [0, 0.05) is 45.5 Å². The number of nitrogens with one attached hydrogen (secondary N) is 1. The summed E-state index contributed by atoms with van der Waals surface area (Å²) in [7, 11) is 3.51. The largest absolute Gasteiger partial charge is 0.491 e. The lowest BCUT2D eigenvalue weighted by Crippen LogP contribution is -2.47. The lowest BCUT2D eigenvalue weighted by atomic mass is 10.0. The summed E-state index contributed by atoms with van der Waals surface area (Å²) in [5.74, 6) is 1.28. The zero-order valence-corrected chi connectivity index (χ0v) is 21.9. The van der Waals surface area contributed by atoms with Crippen molar-refractivity contribution in [3.8, 4) is 5.75 Å². The van der Waals surface area contributed by atoms with Crippen LogP contribution in [0.25, 0.3) is 0 Å². The summed E-state index contributed by atoms with van der Waals surface area (Å²) >= 11 is 0. The van der Waals surface area contributed by atoms with E-state index in [1.807, 2.05) is 30.3 Å². The van der Waals surface area contributed by atoms with E-state index >= 15 is 0 Å². The number of carbonyl (C=O) groups is 2. The van der Waals surface area contributed by atoms with E-state index in [1.165, 1.54) is 12.8 Å². The number of anilines is 1. The first kappa shape index (κ1) is 26.2. The molecule has 3 atom stereocenters. The number of rotatable bonds is 6. The molecular weight excluding hydrogens is 454 g/mol. The van der Waals surface area contributed by atoms with Crippen molar-refractivity contribution in [3.63, 3.8) is 0 Å². The van der Waals surface area contributed by atoms with Crippen molar-refractivity contribution < 1.29 is 19.1 Å². The maximum absolute atomic E-state index is 13.5. The molecule has 1 aliphatic carbocycles. The van der Waals surface area contributed by atoms with Gasteiger partial charge in [-0.15, -0.1) is 0 Å². The molecule has 0 aromatic heterocycles. The number of ether oxygens (including phenoxy) is 2. The number of hydrogen-bond acceptors (Lipinski definition) is 5. The highest BCUT2D eigenvalue weighted by Gasteiger charge is 2.31. The highest BCUT2D eigenvalue weighted by atomic mass is 16.5. The fraction of sp³-hybridized carbons (Fsp3) is 0.517. The van der Waals surface area contributed by atoms with Crippen LogP contribution in [0.3, 0.4) is 0 Å². The second-order valence-electron chi connectivity index (χ2n) is 10.4. The third kappa shape index (κ3) is 6.86. The number of nitrogens with zero attached hydrogens (tertiary/aromatic N) is 2. The molecule has 2 amide bonds. The fourth-order valence-corrected chi connectivity index (χ4v) is 4.80. The standard InChI is InChI=1S/C29H39N3O4/c1-20-16-32(17-23-10-11-23)21(2)19-36-26-13-12-24(30-28(33)14-22-8-6-5-7-9-22)15-25(26)29(34)31(3)18-27(20)35-4/h5-9,12-13,15,20-21,23,27H,10-11,14,16-19H2,1-4H3,(H,30,33)/t20-,21-,27+/m0/s1. The summed E-state index contributed by atoms with van der Waals surface area (Å²) in [6, 6.07) is 15.1. The van der Waals surface area contributed by atoms with Crippen LogP contribution in [0, 0.1) is 11.8 Å². The number of amides is 2. The lowest BCUT2D eigenvalue weighted by Gasteiger charge is -2.36. The van der Waals surface area contributed by atoms with E-state index in [0.29, 0.717) is 30.2 Å². The Morgan fingerprint density at radius 3 is 2.56 bits per heavy atom. The zero-order valence-electron chi connectivity index (χ0n) is 21.9. The highest BCUT2D eigenvalue weighted by Crippen LogP contribution is 2.32. The molecule has 1 aliphatic heterocycles. The van der Waals surface area contributed by atoms with Gasteiger partial charge in [0.25, 0.3) is 5.91 Å². The molecule has 1 heterocycles. The monoisotopic (exact) mass is 493 g/mol. The molecule has 1 N–H and O–H groups in total. The average Bonchev–Trinajstić information content (AvgIpc) is 3.69. The van der Waals surface area contributed by atoms with Crippen molar-refractivity contribution in [2.24, 2.45) is 11.8 Å². The van der Waals surface area contributed by atoms with Gasteiger partial charge in [-0.1, -0.05) is 37.3 Å². The van der Waals surface area contributed by atoms with Gasteiger partial charge in [0.05, 0.1) is 18.1 Å². The summed E-state index contributed by atoms with van der Waals surface area (Å²) in [5.41, 5.74) is 1.95. The van der Waals surface area contributed by atoms with Gasteiger partial charge in [-0.25, -0.2) is 0 Å². The van der Waals surface area contributed by atoms with Gasteiger partial charge in [0.15, 0.2) is 0 Å². The third-order valence-electron chi connectivity index (χ3n) is 7.25. The van der Waals surface area contributed by atoms with E-state index in [-0.39, 0.29) is 36.3 Å². The van der Waals surface area contributed by atoms with Gasteiger partial charge in [0.1, 0.15) is 12.4 Å². The Morgan fingerprint density at radius 2 is 1.86 bits per heavy atom. The maximum Gasteiger partial charge on any atom is 0.257 e. The number of benzene rings is 2. The Kier molecular flexibility index (Phi) is 8.64. The molecule has 2 aromatic rings. The minimum absolute atomic E-state index is 0.0783. The summed E-state index contributed by atoms with van der Waals surface area (Å²) in [6.45, 7) is 7.32. The van der Waals surface area contributed by atoms with Gasteiger partial charge in [-0.05, 0) is 55.4 Å². The first-order valence-electron chi connectivity index (χ1n) is 13.0. The minimum Gasteiger partial charge on any atom is -0.491 e. The zero-order chi connectivity index (χ0) is 25.7. The Balaban J connectivity index is 1.56. The molecule has 36 heavy (non-hydrogen) atoms. The number of likely N-dealkylation sites (N-methyl/N-ethyl adjacent to an activating group) is 1. The molecule has 2 aromatic carbocycles. The molecule has 0 spiro atoms. The molecule has 2 aliphatic rings. The van der Waals surface area contributed by atoms with Crippen molar-refractivity contribution in [2.45, 2.75) is 45.3 Å². The van der Waals surface area contributed by atoms with Crippen LogP contribution >= 0.6 is 0 Å². The van der Waals surface area contributed by atoms with Gasteiger partial charge in [-0.3, -0.25) is 14.5 Å². The molecule has 7 nitrogen and oxygen atoms in total. The van der Waals surface area contributed by atoms with Crippen molar-refractivity contribution >= 4 is 17.5 Å². The number of fused-ring (bicyclic) bond motifs is 1. The molecule has 0 unspecified atom stereocenters. The second-order valence-corrected chi connectivity index (χ2v) is 10.4. The fourth-order valence-electron chi connectivity index (χ4n) is 4.80. The van der Waals surface area contributed by atoms with Crippen LogP contribution in [0.5, 0.6) is 5.75 Å². The van der Waals surface area contributed by atoms with Crippen LogP contribution in [0.1, 0.15) is 42.6 Å². The van der Waals surface area contributed by atoms with Gasteiger partial charge >= 0.3 is 0 Å². The molecule has 1 saturated carbocycles. The van der Waals surface area contributed by atoms with Crippen molar-refractivity contribution in [1.29, 1.82) is 0 Å². The van der Waals surface area contributed by atoms with E-state index in [9.17, 15) is 9.59 Å². The van der Waals surface area contributed by atoms with E-state index in [0.717, 1.165) is 24.6 Å². The molecule has 4 rings (SSSR count). The van der Waals surface area contributed by atoms with Gasteiger partial charge < -0.3 is 19.7 Å². The number of hydrogen-bond donors (Lipinski definition) is 1. The van der Waals surface area contributed by atoms with Crippen LogP contribution in [0.4, 0.5) is 5.69 Å². The van der Waals surface area contributed by atoms with Crippen molar-refractivity contribution in [1.82, 2.24) is 9.80 Å². The van der Waals surface area contributed by atoms with E-state index in [1.54, 1.807) is 37.3 Å². The van der Waals surface area contributed by atoms with Gasteiger partial charge in [0.2, 0.25) is 5.91 Å². The molecule has 0 saturated heterocycles. The maximum atomic E-state index is 13.5. The summed E-state index contributed by atoms with van der Waals surface area (Å²) in [4.78, 5) is 30.4. The average molecular weight is 494 g/mol.